The molecule has 10 heteroatoms. The predicted molar refractivity (Wildman–Crippen MR) is 179 cm³/mol. The van der Waals surface area contributed by atoms with Crippen LogP contribution in [0.15, 0.2) is 30.1 Å². The average molecular weight is 609 g/mol. The molecular formula is C35H49LiN6O3-2. The van der Waals surface area contributed by atoms with Crippen LogP contribution in [0.3, 0.4) is 0 Å². The number of pyridine rings is 1. The minimum absolute atomic E-state index is 0. The third-order valence-corrected chi connectivity index (χ3v) is 8.61. The Kier molecular flexibility index (Phi) is 16.4. The van der Waals surface area contributed by atoms with Crippen molar-refractivity contribution in [2.45, 2.75) is 97.5 Å². The van der Waals surface area contributed by atoms with Gasteiger partial charge >= 0.3 is 18.9 Å². The van der Waals surface area contributed by atoms with Crippen molar-refractivity contribution in [3.05, 3.63) is 60.6 Å². The molecule has 1 fully saturated rings. The van der Waals surface area contributed by atoms with Crippen LogP contribution in [-0.2, 0) is 9.47 Å². The van der Waals surface area contributed by atoms with Crippen molar-refractivity contribution in [1.29, 1.82) is 5.41 Å². The molecule has 3 heterocycles. The number of hydrogen-bond acceptors (Lipinski definition) is 8. The quantitative estimate of drug-likeness (QED) is 0.173. The first-order valence-electron chi connectivity index (χ1n) is 15.7. The zero-order valence-electron chi connectivity index (χ0n) is 28.1. The third kappa shape index (κ3) is 11.0. The first kappa shape index (κ1) is 38.0. The second kappa shape index (κ2) is 19.4. The molecule has 2 aromatic heterocycles. The largest absolute Gasteiger partial charge is 1.00 e. The number of nitrogens with one attached hydrogen (secondary N) is 2. The smallest absolute Gasteiger partial charge is 0.878 e. The standard InChI is InChI=1S/C34H46N6O3.CH3.Li/c1-5-25-10-6-7-11-26(14-13-25)12-8-9-23(2)32(33(36)41-4)28-21-38-31-19-29(28)43-24(3)16-18-42-22-27(20-35)34-37-17-15-30(39-31)40-34;;/h15,17,19-21,24-26,36H,5-14,16,18H2,1-4H3,(H,37,38,39,40);1H3;/q-2;-1;+1/b32-23-,36-33?;;/t24-,25?,26?;;/m0../s1. The SMILES string of the molecule is CCC1CCCCC(CCC/C(C)=C(\C(=N)OC)c2cnc3cc2O[C@@H](C)CCO[C-]=C(C=[N-])c2nccc(n2)N3)CC1.[CH3-].[Li+]. The van der Waals surface area contributed by atoms with Crippen molar-refractivity contribution in [3.8, 4) is 5.75 Å². The van der Waals surface area contributed by atoms with Gasteiger partial charge in [-0.05, 0) is 44.6 Å². The number of methoxy groups -OCH3 is 1. The molecule has 9 nitrogen and oxygen atoms in total. The van der Waals surface area contributed by atoms with Crippen LogP contribution < -0.4 is 28.9 Å². The van der Waals surface area contributed by atoms with Gasteiger partial charge in [-0.3, -0.25) is 10.4 Å². The maximum absolute atomic E-state index is 9.66. The predicted octanol–water partition coefficient (Wildman–Crippen LogP) is 5.61. The molecule has 2 aliphatic rings. The number of aromatic nitrogens is 3. The minimum Gasteiger partial charge on any atom is -0.878 e. The van der Waals surface area contributed by atoms with E-state index in [0.717, 1.165) is 42.0 Å². The van der Waals surface area contributed by atoms with E-state index >= 15 is 0 Å². The molecule has 2 unspecified atom stereocenters. The van der Waals surface area contributed by atoms with E-state index < -0.39 is 0 Å². The molecule has 4 rings (SSSR count). The van der Waals surface area contributed by atoms with Crippen molar-refractivity contribution in [2.24, 2.45) is 11.8 Å². The Morgan fingerprint density at radius 2 is 1.91 bits per heavy atom. The Balaban J connectivity index is 0.00000353. The molecule has 2 N–H and O–H groups in total. The molecule has 1 aliphatic heterocycles. The second-order valence-corrected chi connectivity index (χ2v) is 11.7. The van der Waals surface area contributed by atoms with Crippen LogP contribution in [0.25, 0.3) is 16.6 Å². The number of allylic oxidation sites excluding steroid dienone is 2. The molecule has 240 valence electrons. The summed E-state index contributed by atoms with van der Waals surface area (Å²) in [7, 11) is 1.53. The molecule has 1 aliphatic carbocycles. The average Bonchev–Trinajstić information content (AvgIpc) is 2.99. The van der Waals surface area contributed by atoms with Gasteiger partial charge in [-0.2, -0.15) is 0 Å². The zero-order chi connectivity index (χ0) is 30.6. The van der Waals surface area contributed by atoms with Gasteiger partial charge in [-0.25, -0.2) is 4.98 Å². The van der Waals surface area contributed by atoms with Gasteiger partial charge < -0.3 is 43.6 Å². The fourth-order valence-corrected chi connectivity index (χ4v) is 5.99. The summed E-state index contributed by atoms with van der Waals surface area (Å²) in [5, 5.41) is 21.6. The Labute approximate surface area is 282 Å². The first-order chi connectivity index (χ1) is 20.9. The van der Waals surface area contributed by atoms with Crippen LogP contribution in [0.1, 0.15) is 103 Å². The Morgan fingerprint density at radius 1 is 1.16 bits per heavy atom. The Hall–Kier alpha value is -3.15. The summed E-state index contributed by atoms with van der Waals surface area (Å²) in [6, 6.07) is 3.54. The number of rotatable bonds is 8. The monoisotopic (exact) mass is 608 g/mol. The normalized spacial score (nSPS) is 20.7. The first-order valence-corrected chi connectivity index (χ1v) is 15.7. The maximum Gasteiger partial charge on any atom is 1.00 e. The molecular weight excluding hydrogens is 559 g/mol. The minimum atomic E-state index is -0.209. The summed E-state index contributed by atoms with van der Waals surface area (Å²) >= 11 is 0. The van der Waals surface area contributed by atoms with E-state index in [-0.39, 0.29) is 49.7 Å². The van der Waals surface area contributed by atoms with Gasteiger partial charge in [0.25, 0.3) is 0 Å². The summed E-state index contributed by atoms with van der Waals surface area (Å²) in [5.41, 5.74) is 2.77. The number of fused-ring (bicyclic) bond motifs is 4. The Morgan fingerprint density at radius 3 is 2.64 bits per heavy atom. The number of nitrogens with zero attached hydrogens (tertiary/aromatic N) is 4. The molecule has 0 saturated heterocycles. The van der Waals surface area contributed by atoms with Crippen LogP contribution in [0, 0.1) is 30.9 Å². The van der Waals surface area contributed by atoms with Gasteiger partial charge in [0.05, 0.1) is 19.8 Å². The zero-order valence-corrected chi connectivity index (χ0v) is 28.1. The van der Waals surface area contributed by atoms with Crippen LogP contribution in [0.2, 0.25) is 0 Å². The van der Waals surface area contributed by atoms with Crippen molar-refractivity contribution in [1.82, 2.24) is 15.0 Å². The van der Waals surface area contributed by atoms with Crippen molar-refractivity contribution >= 4 is 34.9 Å². The fourth-order valence-electron chi connectivity index (χ4n) is 5.99. The van der Waals surface area contributed by atoms with Gasteiger partial charge in [0.15, 0.2) is 0 Å². The van der Waals surface area contributed by atoms with Gasteiger partial charge in [0.2, 0.25) is 5.90 Å². The van der Waals surface area contributed by atoms with E-state index in [1.54, 1.807) is 18.5 Å². The summed E-state index contributed by atoms with van der Waals surface area (Å²) in [5.74, 6) is 3.65. The van der Waals surface area contributed by atoms with E-state index in [1.807, 2.05) is 13.0 Å². The van der Waals surface area contributed by atoms with Crippen molar-refractivity contribution in [2.75, 3.05) is 19.0 Å². The summed E-state index contributed by atoms with van der Waals surface area (Å²) in [6.45, 7) is 6.71. The van der Waals surface area contributed by atoms with Crippen LogP contribution >= 0.6 is 0 Å². The van der Waals surface area contributed by atoms with E-state index in [4.69, 9.17) is 19.6 Å². The van der Waals surface area contributed by atoms with Gasteiger partial charge in [0, 0.05) is 48.1 Å². The Bertz CT molecular complexity index is 1310. The molecule has 2 aromatic rings. The molecule has 3 atom stereocenters. The van der Waals surface area contributed by atoms with Crippen molar-refractivity contribution < 1.29 is 33.1 Å². The van der Waals surface area contributed by atoms with E-state index in [9.17, 15) is 5.41 Å². The number of ether oxygens (including phenoxy) is 3. The van der Waals surface area contributed by atoms with Crippen LogP contribution in [0.4, 0.5) is 11.6 Å². The molecule has 4 bridgehead atoms. The van der Waals surface area contributed by atoms with Crippen molar-refractivity contribution in [3.63, 3.8) is 0 Å². The molecule has 0 amide bonds. The second-order valence-electron chi connectivity index (χ2n) is 11.7. The van der Waals surface area contributed by atoms with Gasteiger partial charge in [-0.1, -0.05) is 63.9 Å². The van der Waals surface area contributed by atoms with Gasteiger partial charge in [-0.15, -0.1) is 5.57 Å². The molecule has 0 radical (unpaired) electrons. The van der Waals surface area contributed by atoms with E-state index in [0.29, 0.717) is 36.0 Å². The van der Waals surface area contributed by atoms with Crippen LogP contribution in [-0.4, -0.2) is 46.9 Å². The molecule has 0 spiro atoms. The van der Waals surface area contributed by atoms with Gasteiger partial charge in [0.1, 0.15) is 17.4 Å². The molecule has 45 heavy (non-hydrogen) atoms. The number of hydrogen-bond donors (Lipinski definition) is 2. The summed E-state index contributed by atoms with van der Waals surface area (Å²) < 4.78 is 17.5. The van der Waals surface area contributed by atoms with Crippen LogP contribution in [0.5, 0.6) is 5.75 Å². The summed E-state index contributed by atoms with van der Waals surface area (Å²) in [6.07, 6.45) is 19.9. The fraction of sp³-hybridized carbons (Fsp3) is 0.543. The maximum atomic E-state index is 9.66. The number of anilines is 2. The molecule has 0 aromatic carbocycles. The van der Waals surface area contributed by atoms with E-state index in [2.05, 4.69) is 40.4 Å². The topological polar surface area (TPSA) is 125 Å². The summed E-state index contributed by atoms with van der Waals surface area (Å²) in [4.78, 5) is 13.3. The van der Waals surface area contributed by atoms with E-state index in [1.165, 1.54) is 58.5 Å². The third-order valence-electron chi connectivity index (χ3n) is 8.61. The molecule has 1 saturated carbocycles.